The van der Waals surface area contributed by atoms with E-state index in [-0.39, 0.29) is 12.1 Å². The largest absolute Gasteiger partial charge is 0.444 e. The average molecular weight is 442 g/mol. The number of likely N-dealkylation sites (tertiary alicyclic amines) is 1. The van der Waals surface area contributed by atoms with Crippen molar-refractivity contribution in [2.24, 2.45) is 0 Å². The van der Waals surface area contributed by atoms with Gasteiger partial charge >= 0.3 is 6.09 Å². The van der Waals surface area contributed by atoms with E-state index < -0.39 is 5.60 Å². The molecule has 1 N–H and O–H groups in total. The summed E-state index contributed by atoms with van der Waals surface area (Å²) in [6, 6.07) is 12.5. The second-order valence-electron chi connectivity index (χ2n) is 8.22. The van der Waals surface area contributed by atoms with Crippen molar-refractivity contribution >= 4 is 32.8 Å². The number of aromatic amines is 1. The van der Waals surface area contributed by atoms with Gasteiger partial charge in [0, 0.05) is 16.6 Å². The second kappa shape index (κ2) is 7.24. The number of benzene rings is 2. The second-order valence-corrected chi connectivity index (χ2v) is 9.14. The summed E-state index contributed by atoms with van der Waals surface area (Å²) >= 11 is 3.51. The Morgan fingerprint density at radius 3 is 2.75 bits per heavy atom. The van der Waals surface area contributed by atoms with E-state index in [9.17, 15) is 4.79 Å². The number of rotatable bonds is 2. The number of carbonyl (C=O) groups is 1. The maximum Gasteiger partial charge on any atom is 0.410 e. The van der Waals surface area contributed by atoms with Crippen LogP contribution in [0, 0.1) is 0 Å². The summed E-state index contributed by atoms with van der Waals surface area (Å²) in [6.07, 6.45) is 3.41. The summed E-state index contributed by atoms with van der Waals surface area (Å²) in [6.45, 7) is 6.36. The van der Waals surface area contributed by atoms with Gasteiger partial charge < -0.3 is 9.72 Å². The van der Waals surface area contributed by atoms with Crippen molar-refractivity contribution in [3.05, 3.63) is 52.9 Å². The molecule has 146 valence electrons. The number of imidazole rings is 1. The number of carbonyl (C=O) groups excluding carboxylic acids is 1. The molecule has 3 aromatic rings. The molecular weight excluding hydrogens is 418 g/mol. The fourth-order valence-electron chi connectivity index (χ4n) is 3.63. The van der Waals surface area contributed by atoms with Gasteiger partial charge in [-0.15, -0.1) is 0 Å². The first-order valence-electron chi connectivity index (χ1n) is 9.54. The van der Waals surface area contributed by atoms with Gasteiger partial charge in [-0.05, 0) is 62.6 Å². The smallest absolute Gasteiger partial charge is 0.410 e. The molecule has 1 saturated heterocycles. The van der Waals surface area contributed by atoms with E-state index in [2.05, 4.69) is 56.2 Å². The van der Waals surface area contributed by atoms with E-state index in [0.29, 0.717) is 6.54 Å². The molecule has 0 radical (unpaired) electrons. The average Bonchev–Trinajstić information content (AvgIpc) is 3.29. The Hall–Kier alpha value is -2.34. The molecule has 1 aliphatic heterocycles. The summed E-state index contributed by atoms with van der Waals surface area (Å²) in [7, 11) is 0. The molecule has 1 fully saturated rings. The van der Waals surface area contributed by atoms with Crippen molar-refractivity contribution in [3.8, 4) is 11.3 Å². The first-order valence-corrected chi connectivity index (χ1v) is 10.3. The number of ether oxygens (including phenoxy) is 1. The molecule has 0 aliphatic carbocycles. The number of nitrogens with zero attached hydrogens (tertiary/aromatic N) is 2. The predicted molar refractivity (Wildman–Crippen MR) is 114 cm³/mol. The number of H-pyrrole nitrogens is 1. The molecule has 0 bridgehead atoms. The SMILES string of the molecule is CC(C)(C)OC(=O)N1CCC[C@H]1c1ncc(-c2ccc3cc(Br)ccc3c2)[nH]1. The maximum atomic E-state index is 12.6. The van der Waals surface area contributed by atoms with Gasteiger partial charge in [0.2, 0.25) is 0 Å². The van der Waals surface area contributed by atoms with Gasteiger partial charge in [-0.2, -0.15) is 0 Å². The van der Waals surface area contributed by atoms with Gasteiger partial charge in [-0.3, -0.25) is 4.90 Å². The zero-order chi connectivity index (χ0) is 19.9. The van der Waals surface area contributed by atoms with Crippen LogP contribution in [0.5, 0.6) is 0 Å². The summed E-state index contributed by atoms with van der Waals surface area (Å²) in [5, 5.41) is 2.36. The lowest BCUT2D eigenvalue weighted by Gasteiger charge is -2.27. The molecule has 28 heavy (non-hydrogen) atoms. The Labute approximate surface area is 173 Å². The molecule has 4 rings (SSSR count). The molecule has 5 nitrogen and oxygen atoms in total. The van der Waals surface area contributed by atoms with Crippen molar-refractivity contribution in [3.63, 3.8) is 0 Å². The monoisotopic (exact) mass is 441 g/mol. The molecule has 2 aromatic carbocycles. The number of aromatic nitrogens is 2. The highest BCUT2D eigenvalue weighted by Crippen LogP contribution is 2.33. The molecule has 1 amide bonds. The fourth-order valence-corrected chi connectivity index (χ4v) is 4.01. The normalized spacial score (nSPS) is 17.3. The number of amides is 1. The highest BCUT2D eigenvalue weighted by molar-refractivity contribution is 9.10. The molecule has 2 heterocycles. The van der Waals surface area contributed by atoms with Crippen molar-refractivity contribution in [1.82, 2.24) is 14.9 Å². The minimum absolute atomic E-state index is 0.0694. The number of fused-ring (bicyclic) bond motifs is 1. The van der Waals surface area contributed by atoms with Gasteiger partial charge in [-0.1, -0.05) is 34.1 Å². The van der Waals surface area contributed by atoms with Crippen LogP contribution in [0.3, 0.4) is 0 Å². The summed E-state index contributed by atoms with van der Waals surface area (Å²) in [5.41, 5.74) is 1.53. The molecule has 1 aromatic heterocycles. The molecule has 0 spiro atoms. The Bertz CT molecular complexity index is 1020. The van der Waals surface area contributed by atoms with Gasteiger partial charge in [0.05, 0.1) is 17.9 Å². The van der Waals surface area contributed by atoms with Crippen LogP contribution in [0.15, 0.2) is 47.1 Å². The minimum Gasteiger partial charge on any atom is -0.444 e. The quantitative estimate of drug-likeness (QED) is 0.525. The fraction of sp³-hybridized carbons (Fsp3) is 0.364. The first-order chi connectivity index (χ1) is 13.3. The van der Waals surface area contributed by atoms with E-state index in [4.69, 9.17) is 4.74 Å². The molecule has 1 atom stereocenters. The van der Waals surface area contributed by atoms with Crippen molar-refractivity contribution in [2.45, 2.75) is 45.3 Å². The van der Waals surface area contributed by atoms with Crippen LogP contribution in [0.4, 0.5) is 4.79 Å². The molecule has 0 saturated carbocycles. The van der Waals surface area contributed by atoms with Crippen LogP contribution in [0.2, 0.25) is 0 Å². The predicted octanol–water partition coefficient (Wildman–Crippen LogP) is 6.06. The Morgan fingerprint density at radius 1 is 1.21 bits per heavy atom. The Kier molecular flexibility index (Phi) is 4.91. The molecule has 6 heteroatoms. The number of halogens is 1. The van der Waals surface area contributed by atoms with Crippen LogP contribution >= 0.6 is 15.9 Å². The minimum atomic E-state index is -0.501. The van der Waals surface area contributed by atoms with E-state index >= 15 is 0 Å². The lowest BCUT2D eigenvalue weighted by Crippen LogP contribution is -2.36. The lowest BCUT2D eigenvalue weighted by molar-refractivity contribution is 0.0219. The van der Waals surface area contributed by atoms with E-state index in [1.54, 1.807) is 4.90 Å². The molecule has 1 aliphatic rings. The standard InChI is InChI=1S/C22H24BrN3O2/c1-22(2,3)28-21(27)26-10-4-5-19(26)20-24-13-18(25-20)16-7-6-15-12-17(23)9-8-14(15)11-16/h6-9,11-13,19H,4-5,10H2,1-3H3,(H,24,25)/t19-/m0/s1. The van der Waals surface area contributed by atoms with Gasteiger partial charge in [0.25, 0.3) is 0 Å². The van der Waals surface area contributed by atoms with E-state index in [1.807, 2.05) is 33.0 Å². The lowest BCUT2D eigenvalue weighted by atomic mass is 10.1. The van der Waals surface area contributed by atoms with E-state index in [0.717, 1.165) is 34.4 Å². The number of hydrogen-bond donors (Lipinski definition) is 1. The third-order valence-electron chi connectivity index (χ3n) is 4.91. The van der Waals surface area contributed by atoms with Gasteiger partial charge in [0.1, 0.15) is 11.4 Å². The van der Waals surface area contributed by atoms with Crippen LogP contribution in [-0.4, -0.2) is 33.1 Å². The maximum absolute atomic E-state index is 12.6. The highest BCUT2D eigenvalue weighted by Gasteiger charge is 2.34. The van der Waals surface area contributed by atoms with E-state index in [1.165, 1.54) is 10.8 Å². The highest BCUT2D eigenvalue weighted by atomic mass is 79.9. The summed E-state index contributed by atoms with van der Waals surface area (Å²) < 4.78 is 6.63. The van der Waals surface area contributed by atoms with Crippen LogP contribution < -0.4 is 0 Å². The van der Waals surface area contributed by atoms with Gasteiger partial charge in [-0.25, -0.2) is 9.78 Å². The van der Waals surface area contributed by atoms with Crippen molar-refractivity contribution in [1.29, 1.82) is 0 Å². The van der Waals surface area contributed by atoms with Crippen molar-refractivity contribution in [2.75, 3.05) is 6.54 Å². The molecule has 0 unspecified atom stereocenters. The molecular formula is C22H24BrN3O2. The zero-order valence-electron chi connectivity index (χ0n) is 16.3. The third-order valence-corrected chi connectivity index (χ3v) is 5.40. The zero-order valence-corrected chi connectivity index (χ0v) is 17.9. The number of hydrogen-bond acceptors (Lipinski definition) is 3. The first kappa shape index (κ1) is 19.0. The van der Waals surface area contributed by atoms with Crippen LogP contribution in [0.25, 0.3) is 22.0 Å². The third kappa shape index (κ3) is 3.92. The number of nitrogens with one attached hydrogen (secondary N) is 1. The van der Waals surface area contributed by atoms with Gasteiger partial charge in [0.15, 0.2) is 0 Å². The van der Waals surface area contributed by atoms with Crippen LogP contribution in [-0.2, 0) is 4.74 Å². The van der Waals surface area contributed by atoms with Crippen molar-refractivity contribution < 1.29 is 9.53 Å². The summed E-state index contributed by atoms with van der Waals surface area (Å²) in [4.78, 5) is 22.3. The van der Waals surface area contributed by atoms with Crippen LogP contribution in [0.1, 0.15) is 45.5 Å². The Balaban J connectivity index is 1.58. The summed E-state index contributed by atoms with van der Waals surface area (Å²) in [5.74, 6) is 0.814. The topological polar surface area (TPSA) is 58.2 Å². The Morgan fingerprint density at radius 2 is 1.96 bits per heavy atom.